The van der Waals surface area contributed by atoms with Gasteiger partial charge in [0.05, 0.1) is 4.90 Å². The molecule has 116 valence electrons. The molecular formula is C15H22N2O3S. The Hall–Kier alpha value is -1.40. The van der Waals surface area contributed by atoms with Crippen LogP contribution in [0.25, 0.3) is 0 Å². The lowest BCUT2D eigenvalue weighted by molar-refractivity contribution is -0.115. The second-order valence-corrected chi connectivity index (χ2v) is 7.28. The van der Waals surface area contributed by atoms with Crippen molar-refractivity contribution < 1.29 is 13.2 Å². The Labute approximate surface area is 126 Å². The van der Waals surface area contributed by atoms with E-state index >= 15 is 0 Å². The largest absolute Gasteiger partial charge is 0.326 e. The summed E-state index contributed by atoms with van der Waals surface area (Å²) in [7, 11) is -3.44. The fraction of sp³-hybridized carbons (Fsp3) is 0.533. The van der Waals surface area contributed by atoms with E-state index in [4.69, 9.17) is 0 Å². The molecule has 0 spiro atoms. The quantitative estimate of drug-likeness (QED) is 0.929. The zero-order valence-corrected chi connectivity index (χ0v) is 13.3. The van der Waals surface area contributed by atoms with Crippen LogP contribution in [0.3, 0.4) is 0 Å². The number of benzene rings is 1. The summed E-state index contributed by atoms with van der Waals surface area (Å²) in [5, 5.41) is 2.71. The Morgan fingerprint density at radius 2 is 1.95 bits per heavy atom. The number of hydrogen-bond donors (Lipinski definition) is 1. The van der Waals surface area contributed by atoms with Crippen LogP contribution in [-0.4, -0.2) is 31.2 Å². The fourth-order valence-electron chi connectivity index (χ4n) is 2.52. The van der Waals surface area contributed by atoms with Crippen LogP contribution in [-0.2, 0) is 14.8 Å². The summed E-state index contributed by atoms with van der Waals surface area (Å²) in [5.74, 6) is -0.0877. The molecule has 1 saturated heterocycles. The number of nitrogens with zero attached hydrogens (tertiary/aromatic N) is 1. The Morgan fingerprint density at radius 3 is 2.52 bits per heavy atom. The summed E-state index contributed by atoms with van der Waals surface area (Å²) < 4.78 is 26.8. The molecule has 5 nitrogen and oxygen atoms in total. The summed E-state index contributed by atoms with van der Waals surface area (Å²) in [4.78, 5) is 11.6. The molecule has 1 heterocycles. The minimum absolute atomic E-state index is 0.0446. The average molecular weight is 310 g/mol. The van der Waals surface area contributed by atoms with Crippen molar-refractivity contribution in [2.75, 3.05) is 11.9 Å². The summed E-state index contributed by atoms with van der Waals surface area (Å²) in [6, 6.07) is 6.43. The lowest BCUT2D eigenvalue weighted by Crippen LogP contribution is -2.41. The zero-order valence-electron chi connectivity index (χ0n) is 12.5. The molecule has 1 unspecified atom stereocenters. The maximum absolute atomic E-state index is 12.6. The number of carbonyl (C=O) groups is 1. The molecule has 1 aromatic carbocycles. The van der Waals surface area contributed by atoms with Crippen LogP contribution in [0.1, 0.15) is 39.5 Å². The van der Waals surface area contributed by atoms with Gasteiger partial charge in [0.15, 0.2) is 0 Å². The number of rotatable bonds is 4. The van der Waals surface area contributed by atoms with Gasteiger partial charge in [-0.2, -0.15) is 4.31 Å². The summed E-state index contributed by atoms with van der Waals surface area (Å²) in [6.45, 7) is 4.30. The molecule has 0 bridgehead atoms. The number of hydrogen-bond acceptors (Lipinski definition) is 3. The topological polar surface area (TPSA) is 66.5 Å². The highest BCUT2D eigenvalue weighted by Gasteiger charge is 2.30. The normalized spacial score (nSPS) is 20.2. The van der Waals surface area contributed by atoms with E-state index in [0.717, 1.165) is 19.3 Å². The second-order valence-electron chi connectivity index (χ2n) is 5.39. The third-order valence-corrected chi connectivity index (χ3v) is 5.84. The van der Waals surface area contributed by atoms with Gasteiger partial charge in [-0.05, 0) is 44.0 Å². The van der Waals surface area contributed by atoms with E-state index in [1.807, 2.05) is 6.92 Å². The highest BCUT2D eigenvalue weighted by atomic mass is 32.2. The van der Waals surface area contributed by atoms with E-state index in [2.05, 4.69) is 5.32 Å². The highest BCUT2D eigenvalue weighted by Crippen LogP contribution is 2.25. The van der Waals surface area contributed by atoms with Gasteiger partial charge in [-0.1, -0.05) is 13.3 Å². The number of anilines is 1. The Morgan fingerprint density at radius 1 is 1.29 bits per heavy atom. The molecule has 6 heteroatoms. The van der Waals surface area contributed by atoms with Crippen LogP contribution in [0, 0.1) is 0 Å². The molecule has 1 atom stereocenters. The van der Waals surface area contributed by atoms with E-state index in [9.17, 15) is 13.2 Å². The van der Waals surface area contributed by atoms with E-state index in [0.29, 0.717) is 18.7 Å². The predicted molar refractivity (Wildman–Crippen MR) is 82.6 cm³/mol. The van der Waals surface area contributed by atoms with Crippen LogP contribution >= 0.6 is 0 Å². The van der Waals surface area contributed by atoms with Crippen LogP contribution in [0.2, 0.25) is 0 Å². The molecule has 0 aromatic heterocycles. The molecule has 2 rings (SSSR count). The van der Waals surface area contributed by atoms with Crippen LogP contribution in [0.4, 0.5) is 5.69 Å². The van der Waals surface area contributed by atoms with Gasteiger partial charge in [0, 0.05) is 24.7 Å². The van der Waals surface area contributed by atoms with Crippen molar-refractivity contribution >= 4 is 21.6 Å². The third-order valence-electron chi connectivity index (χ3n) is 3.81. The van der Waals surface area contributed by atoms with Gasteiger partial charge in [-0.15, -0.1) is 0 Å². The minimum Gasteiger partial charge on any atom is -0.326 e. The first-order chi connectivity index (χ1) is 9.95. The first kappa shape index (κ1) is 16.0. The lowest BCUT2D eigenvalue weighted by Gasteiger charge is -2.32. The molecule has 0 radical (unpaired) electrons. The number of amides is 1. The minimum atomic E-state index is -3.44. The maximum atomic E-state index is 12.6. The van der Waals surface area contributed by atoms with Crippen molar-refractivity contribution in [1.29, 1.82) is 0 Å². The van der Waals surface area contributed by atoms with Crippen LogP contribution in [0.5, 0.6) is 0 Å². The highest BCUT2D eigenvalue weighted by molar-refractivity contribution is 7.89. The SMILES string of the molecule is CCC(=O)Nc1ccc(S(=O)(=O)N2CCCCC2C)cc1. The fourth-order valence-corrected chi connectivity index (χ4v) is 4.22. The van der Waals surface area contributed by atoms with Gasteiger partial charge < -0.3 is 5.32 Å². The van der Waals surface area contributed by atoms with Gasteiger partial charge in [-0.25, -0.2) is 8.42 Å². The lowest BCUT2D eigenvalue weighted by atomic mass is 10.1. The Bertz CT molecular complexity index is 596. The van der Waals surface area contributed by atoms with Crippen molar-refractivity contribution in [3.05, 3.63) is 24.3 Å². The molecule has 21 heavy (non-hydrogen) atoms. The molecule has 0 saturated carbocycles. The van der Waals surface area contributed by atoms with Gasteiger partial charge in [0.2, 0.25) is 15.9 Å². The average Bonchev–Trinajstić information content (AvgIpc) is 2.48. The first-order valence-electron chi connectivity index (χ1n) is 7.37. The third kappa shape index (κ3) is 3.63. The molecule has 1 fully saturated rings. The van der Waals surface area contributed by atoms with Gasteiger partial charge in [0.25, 0.3) is 0 Å². The molecule has 1 aromatic rings. The van der Waals surface area contributed by atoms with E-state index < -0.39 is 10.0 Å². The smallest absolute Gasteiger partial charge is 0.243 e. The molecule has 1 aliphatic rings. The van der Waals surface area contributed by atoms with E-state index in [1.54, 1.807) is 35.5 Å². The molecule has 0 aliphatic carbocycles. The number of sulfonamides is 1. The molecule has 1 aliphatic heterocycles. The predicted octanol–water partition coefficient (Wildman–Crippen LogP) is 2.60. The second kappa shape index (κ2) is 6.58. The van der Waals surface area contributed by atoms with Gasteiger partial charge in [0.1, 0.15) is 0 Å². The number of carbonyl (C=O) groups excluding carboxylic acids is 1. The van der Waals surface area contributed by atoms with Crippen molar-refractivity contribution in [3.8, 4) is 0 Å². The standard InChI is InChI=1S/C15H22N2O3S/c1-3-15(18)16-13-7-9-14(10-8-13)21(19,20)17-11-5-4-6-12(17)2/h7-10,12H,3-6,11H2,1-2H3,(H,16,18). The van der Waals surface area contributed by atoms with Crippen molar-refractivity contribution in [2.24, 2.45) is 0 Å². The van der Waals surface area contributed by atoms with E-state index in [1.165, 1.54) is 0 Å². The summed E-state index contributed by atoms with van der Waals surface area (Å²) in [6.07, 6.45) is 3.29. The van der Waals surface area contributed by atoms with Crippen molar-refractivity contribution in [3.63, 3.8) is 0 Å². The zero-order chi connectivity index (χ0) is 15.5. The summed E-state index contributed by atoms with van der Waals surface area (Å²) >= 11 is 0. The van der Waals surface area contributed by atoms with Crippen LogP contribution in [0.15, 0.2) is 29.2 Å². The van der Waals surface area contributed by atoms with E-state index in [-0.39, 0.29) is 16.8 Å². The molecular weight excluding hydrogens is 288 g/mol. The van der Waals surface area contributed by atoms with Gasteiger partial charge >= 0.3 is 0 Å². The number of piperidine rings is 1. The first-order valence-corrected chi connectivity index (χ1v) is 8.81. The maximum Gasteiger partial charge on any atom is 0.243 e. The van der Waals surface area contributed by atoms with Crippen molar-refractivity contribution in [2.45, 2.75) is 50.5 Å². The molecule has 1 N–H and O–H groups in total. The Kier molecular flexibility index (Phi) is 5.00. The molecule has 1 amide bonds. The summed E-state index contributed by atoms with van der Waals surface area (Å²) in [5.41, 5.74) is 0.618. The Balaban J connectivity index is 2.18. The van der Waals surface area contributed by atoms with Crippen LogP contribution < -0.4 is 5.32 Å². The van der Waals surface area contributed by atoms with Crippen molar-refractivity contribution in [1.82, 2.24) is 4.31 Å². The monoisotopic (exact) mass is 310 g/mol. The van der Waals surface area contributed by atoms with Gasteiger partial charge in [-0.3, -0.25) is 4.79 Å². The number of nitrogens with one attached hydrogen (secondary N) is 1.